The molecule has 1 amide bonds. The molecule has 164 valence electrons. The number of para-hydroxylation sites is 1. The molecule has 2 heterocycles. The second-order valence-corrected chi connectivity index (χ2v) is 8.11. The first-order valence-corrected chi connectivity index (χ1v) is 10.7. The number of carbonyl (C=O) groups excluding carboxylic acids is 2. The molecule has 0 unspecified atom stereocenters. The Morgan fingerprint density at radius 2 is 1.85 bits per heavy atom. The second kappa shape index (κ2) is 9.23. The van der Waals surface area contributed by atoms with Gasteiger partial charge in [0.15, 0.2) is 17.4 Å². The summed E-state index contributed by atoms with van der Waals surface area (Å²) in [6, 6.07) is 16.4. The number of aryl methyl sites for hydroxylation is 2. The summed E-state index contributed by atoms with van der Waals surface area (Å²) in [7, 11) is 0. The highest BCUT2D eigenvalue weighted by atomic mass is 35.5. The van der Waals surface area contributed by atoms with E-state index in [4.69, 9.17) is 16.6 Å². The summed E-state index contributed by atoms with van der Waals surface area (Å²) in [6.45, 7) is 3.95. The first-order chi connectivity index (χ1) is 15.9. The molecule has 2 aromatic carbocycles. The largest absolute Gasteiger partial charge is 0.309 e. The van der Waals surface area contributed by atoms with E-state index in [0.29, 0.717) is 16.4 Å². The second-order valence-electron chi connectivity index (χ2n) is 7.68. The molecule has 0 spiro atoms. The van der Waals surface area contributed by atoms with Crippen molar-refractivity contribution >= 4 is 40.0 Å². The first-order valence-electron chi connectivity index (χ1n) is 10.3. The van der Waals surface area contributed by atoms with Crippen molar-refractivity contribution in [3.63, 3.8) is 0 Å². The number of hydrogen-bond acceptors (Lipinski definition) is 5. The molecule has 4 aromatic rings. The van der Waals surface area contributed by atoms with Gasteiger partial charge in [0.05, 0.1) is 11.7 Å². The molecule has 0 aliphatic rings. The topological polar surface area (TPSA) is 101 Å². The number of nitrogens with zero attached hydrogens (tertiary/aromatic N) is 4. The summed E-state index contributed by atoms with van der Waals surface area (Å²) >= 11 is 5.85. The van der Waals surface area contributed by atoms with Crippen molar-refractivity contribution in [1.29, 1.82) is 5.26 Å². The molecule has 0 saturated carbocycles. The Morgan fingerprint density at radius 1 is 1.09 bits per heavy atom. The quantitative estimate of drug-likeness (QED) is 0.403. The number of ketones is 1. The van der Waals surface area contributed by atoms with Crippen molar-refractivity contribution < 1.29 is 9.59 Å². The molecule has 2 aromatic heterocycles. The molecule has 0 atom stereocenters. The van der Waals surface area contributed by atoms with E-state index in [-0.39, 0.29) is 30.0 Å². The van der Waals surface area contributed by atoms with Gasteiger partial charge in [-0.25, -0.2) is 4.98 Å². The van der Waals surface area contributed by atoms with E-state index in [0.717, 1.165) is 22.0 Å². The van der Waals surface area contributed by atoms with E-state index in [2.05, 4.69) is 10.4 Å². The Labute approximate surface area is 195 Å². The fraction of sp³-hybridized carbons (Fsp3) is 0.160. The van der Waals surface area contributed by atoms with Crippen LogP contribution < -0.4 is 5.32 Å². The number of benzene rings is 2. The van der Waals surface area contributed by atoms with Crippen LogP contribution in [0.4, 0.5) is 5.82 Å². The zero-order valence-corrected chi connectivity index (χ0v) is 18.8. The number of aromatic nitrogens is 3. The Bertz CT molecular complexity index is 1420. The third kappa shape index (κ3) is 4.61. The smallest absolute Gasteiger partial charge is 0.226 e. The summed E-state index contributed by atoms with van der Waals surface area (Å²) in [5.41, 5.74) is 3.53. The number of nitriles is 1. The van der Waals surface area contributed by atoms with E-state index >= 15 is 0 Å². The third-order valence-corrected chi connectivity index (χ3v) is 5.60. The number of anilines is 1. The van der Waals surface area contributed by atoms with Gasteiger partial charge < -0.3 is 5.32 Å². The van der Waals surface area contributed by atoms with Crippen molar-refractivity contribution in [2.75, 3.05) is 5.32 Å². The van der Waals surface area contributed by atoms with Crippen molar-refractivity contribution in [1.82, 2.24) is 14.8 Å². The minimum Gasteiger partial charge on any atom is -0.309 e. The maximum Gasteiger partial charge on any atom is 0.226 e. The lowest BCUT2D eigenvalue weighted by molar-refractivity contribution is -0.116. The predicted octanol–water partition coefficient (Wildman–Crippen LogP) is 5.16. The van der Waals surface area contributed by atoms with Gasteiger partial charge in [0.2, 0.25) is 5.91 Å². The van der Waals surface area contributed by atoms with Gasteiger partial charge in [-0.05, 0) is 55.3 Å². The maximum atomic E-state index is 12.6. The van der Waals surface area contributed by atoms with Crippen LogP contribution in [-0.4, -0.2) is 26.5 Å². The molecule has 0 saturated heterocycles. The van der Waals surface area contributed by atoms with E-state index in [9.17, 15) is 14.9 Å². The number of halogens is 1. The molecule has 1 N–H and O–H groups in total. The lowest BCUT2D eigenvalue weighted by Crippen LogP contribution is -2.17. The van der Waals surface area contributed by atoms with Gasteiger partial charge >= 0.3 is 0 Å². The summed E-state index contributed by atoms with van der Waals surface area (Å²) in [6.07, 6.45) is 1.37. The van der Waals surface area contributed by atoms with Crippen molar-refractivity contribution in [2.45, 2.75) is 26.7 Å². The van der Waals surface area contributed by atoms with Crippen LogP contribution in [0.15, 0.2) is 54.7 Å². The molecular weight excluding hydrogens is 438 g/mol. The van der Waals surface area contributed by atoms with Crippen LogP contribution in [0.2, 0.25) is 5.02 Å². The number of carbonyl (C=O) groups is 2. The van der Waals surface area contributed by atoms with Crippen molar-refractivity contribution in [3.05, 3.63) is 82.0 Å². The van der Waals surface area contributed by atoms with Gasteiger partial charge in [0.1, 0.15) is 11.6 Å². The highest BCUT2D eigenvalue weighted by molar-refractivity contribution is 6.30. The van der Waals surface area contributed by atoms with Crippen LogP contribution >= 0.6 is 11.6 Å². The summed E-state index contributed by atoms with van der Waals surface area (Å²) in [5, 5.41) is 18.1. The highest BCUT2D eigenvalue weighted by Crippen LogP contribution is 2.25. The zero-order valence-electron chi connectivity index (χ0n) is 18.1. The number of nitrogens with one attached hydrogen (secondary N) is 1. The Balaban J connectivity index is 1.58. The van der Waals surface area contributed by atoms with Crippen LogP contribution in [0, 0.1) is 25.2 Å². The van der Waals surface area contributed by atoms with E-state index in [1.807, 2.05) is 44.2 Å². The molecule has 0 aliphatic carbocycles. The van der Waals surface area contributed by atoms with Crippen molar-refractivity contribution in [3.8, 4) is 11.9 Å². The Hall–Kier alpha value is -4.02. The van der Waals surface area contributed by atoms with E-state index < -0.39 is 5.91 Å². The van der Waals surface area contributed by atoms with Gasteiger partial charge in [-0.15, -0.1) is 0 Å². The van der Waals surface area contributed by atoms with Gasteiger partial charge in [0.25, 0.3) is 0 Å². The molecule has 7 nitrogen and oxygen atoms in total. The van der Waals surface area contributed by atoms with Crippen molar-refractivity contribution in [2.24, 2.45) is 0 Å². The SMILES string of the molecule is Cc1cc(-n2ncc(C#N)c2NC(=O)CCC(=O)c2ccc(Cl)cc2)nc2c(C)cccc12. The van der Waals surface area contributed by atoms with E-state index in [1.165, 1.54) is 10.9 Å². The standard InChI is InChI=1S/C25H20ClN5O2/c1-15-4-3-5-20-16(2)12-22(29-24(15)20)31-25(18(13-27)14-28-31)30-23(33)11-10-21(32)17-6-8-19(26)9-7-17/h3-9,12,14H,10-11H2,1-2H3,(H,30,33). The molecule has 0 aliphatic heterocycles. The van der Waals surface area contributed by atoms with Gasteiger partial charge in [-0.2, -0.15) is 15.0 Å². The molecular formula is C25H20ClN5O2. The fourth-order valence-electron chi connectivity index (χ4n) is 3.58. The first kappa shape index (κ1) is 22.2. The Morgan fingerprint density at radius 3 is 2.58 bits per heavy atom. The number of hydrogen-bond donors (Lipinski definition) is 1. The number of pyridine rings is 1. The molecule has 8 heteroatoms. The minimum absolute atomic E-state index is 0.0238. The van der Waals surface area contributed by atoms with Crippen LogP contribution in [0.3, 0.4) is 0 Å². The van der Waals surface area contributed by atoms with Gasteiger partial charge in [0, 0.05) is 28.8 Å². The number of rotatable bonds is 6. The third-order valence-electron chi connectivity index (χ3n) is 5.34. The lowest BCUT2D eigenvalue weighted by Gasteiger charge is -2.12. The number of Topliss-reactive ketones (excluding diaryl/α,β-unsaturated/α-hetero) is 1. The van der Waals surface area contributed by atoms with Crippen LogP contribution in [0.25, 0.3) is 16.7 Å². The van der Waals surface area contributed by atoms with Gasteiger partial charge in [-0.3, -0.25) is 9.59 Å². The highest BCUT2D eigenvalue weighted by Gasteiger charge is 2.18. The number of amides is 1. The average Bonchev–Trinajstić information content (AvgIpc) is 3.21. The predicted molar refractivity (Wildman–Crippen MR) is 127 cm³/mol. The minimum atomic E-state index is -0.399. The summed E-state index contributed by atoms with van der Waals surface area (Å²) < 4.78 is 1.44. The van der Waals surface area contributed by atoms with E-state index in [1.54, 1.807) is 24.3 Å². The normalized spacial score (nSPS) is 10.7. The van der Waals surface area contributed by atoms with Crippen LogP contribution in [-0.2, 0) is 4.79 Å². The monoisotopic (exact) mass is 457 g/mol. The van der Waals surface area contributed by atoms with Crippen LogP contribution in [0.5, 0.6) is 0 Å². The average molecular weight is 458 g/mol. The summed E-state index contributed by atoms with van der Waals surface area (Å²) in [5.74, 6) is 0.145. The molecule has 4 rings (SSSR count). The molecule has 0 bridgehead atoms. The fourth-order valence-corrected chi connectivity index (χ4v) is 3.70. The van der Waals surface area contributed by atoms with Crippen LogP contribution in [0.1, 0.15) is 39.9 Å². The zero-order chi connectivity index (χ0) is 23.5. The Kier molecular flexibility index (Phi) is 6.20. The molecule has 0 radical (unpaired) electrons. The van der Waals surface area contributed by atoms with Gasteiger partial charge in [-0.1, -0.05) is 29.8 Å². The summed E-state index contributed by atoms with van der Waals surface area (Å²) in [4.78, 5) is 29.7. The molecule has 0 fully saturated rings. The lowest BCUT2D eigenvalue weighted by atomic mass is 10.1. The maximum absolute atomic E-state index is 12.6. The molecule has 33 heavy (non-hydrogen) atoms. The number of fused-ring (bicyclic) bond motifs is 1.